The molecular weight excluding hydrogens is 302 g/mol. The number of rotatable bonds is 4. The van der Waals surface area contributed by atoms with Gasteiger partial charge in [-0.15, -0.1) is 0 Å². The lowest BCUT2D eigenvalue weighted by Crippen LogP contribution is -2.13. The van der Waals surface area contributed by atoms with E-state index in [1.165, 1.54) is 30.3 Å². The zero-order valence-electron chi connectivity index (χ0n) is 10.6. The Morgan fingerprint density at radius 2 is 2.00 bits per heavy atom. The number of nitrogens with two attached hydrogens (primary N) is 1. The molecule has 110 valence electrons. The van der Waals surface area contributed by atoms with E-state index in [0.717, 1.165) is 0 Å². The smallest absolute Gasteiger partial charge is 0.387 e. The summed E-state index contributed by atoms with van der Waals surface area (Å²) in [6.45, 7) is -2.95. The molecule has 4 nitrogen and oxygen atoms in total. The van der Waals surface area contributed by atoms with E-state index in [1.807, 2.05) is 0 Å². The van der Waals surface area contributed by atoms with Gasteiger partial charge in [0.2, 0.25) is 0 Å². The Kier molecular flexibility index (Phi) is 4.59. The summed E-state index contributed by atoms with van der Waals surface area (Å²) < 4.78 is 28.5. The van der Waals surface area contributed by atoms with Gasteiger partial charge in [0, 0.05) is 10.6 Å². The van der Waals surface area contributed by atoms with Crippen molar-refractivity contribution in [1.29, 1.82) is 0 Å². The molecule has 2 aromatic rings. The summed E-state index contributed by atoms with van der Waals surface area (Å²) in [5.74, 6) is -0.611. The van der Waals surface area contributed by atoms with Gasteiger partial charge in [-0.25, -0.2) is 0 Å². The molecule has 1 amide bonds. The number of nitrogens with one attached hydrogen (secondary N) is 1. The first-order valence-electron chi connectivity index (χ1n) is 5.87. The summed E-state index contributed by atoms with van der Waals surface area (Å²) >= 11 is 5.82. The molecule has 0 spiro atoms. The van der Waals surface area contributed by atoms with Crippen molar-refractivity contribution >= 4 is 28.9 Å². The Morgan fingerprint density at radius 1 is 1.24 bits per heavy atom. The maximum Gasteiger partial charge on any atom is 0.387 e. The molecule has 0 fully saturated rings. The molecule has 0 unspecified atom stereocenters. The van der Waals surface area contributed by atoms with E-state index < -0.39 is 12.5 Å². The zero-order valence-corrected chi connectivity index (χ0v) is 11.4. The van der Waals surface area contributed by atoms with Crippen molar-refractivity contribution < 1.29 is 18.3 Å². The Hall–Kier alpha value is -2.34. The highest BCUT2D eigenvalue weighted by atomic mass is 35.5. The van der Waals surface area contributed by atoms with Crippen LogP contribution in [0.3, 0.4) is 0 Å². The third-order valence-corrected chi connectivity index (χ3v) is 2.82. The molecule has 0 aliphatic heterocycles. The summed E-state index contributed by atoms with van der Waals surface area (Å²) in [7, 11) is 0. The minimum atomic E-state index is -2.95. The molecule has 0 aliphatic carbocycles. The van der Waals surface area contributed by atoms with Crippen LogP contribution in [0.25, 0.3) is 0 Å². The number of halogens is 3. The van der Waals surface area contributed by atoms with E-state index in [9.17, 15) is 13.6 Å². The van der Waals surface area contributed by atoms with Crippen LogP contribution >= 0.6 is 11.6 Å². The van der Waals surface area contributed by atoms with Gasteiger partial charge in [0.1, 0.15) is 5.75 Å². The number of carbonyl (C=O) groups excluding carboxylic acids is 1. The molecule has 2 aromatic carbocycles. The fourth-order valence-corrected chi connectivity index (χ4v) is 1.82. The molecule has 0 aliphatic rings. The minimum absolute atomic E-state index is 0.100. The molecule has 3 N–H and O–H groups in total. The quantitative estimate of drug-likeness (QED) is 0.845. The molecule has 0 heterocycles. The van der Waals surface area contributed by atoms with E-state index in [-0.39, 0.29) is 11.3 Å². The Labute approximate surface area is 124 Å². The lowest BCUT2D eigenvalue weighted by molar-refractivity contribution is -0.0498. The van der Waals surface area contributed by atoms with E-state index in [0.29, 0.717) is 16.4 Å². The first kappa shape index (κ1) is 15.1. The van der Waals surface area contributed by atoms with Crippen molar-refractivity contribution in [2.75, 3.05) is 11.1 Å². The molecule has 0 saturated carbocycles. The predicted octanol–water partition coefficient (Wildman–Crippen LogP) is 3.78. The SMILES string of the molecule is Nc1ccc(Cl)cc1NC(=O)c1cccc(OC(F)F)c1. The summed E-state index contributed by atoms with van der Waals surface area (Å²) in [6, 6.07) is 10.1. The molecule has 21 heavy (non-hydrogen) atoms. The fraction of sp³-hybridized carbons (Fsp3) is 0.0714. The van der Waals surface area contributed by atoms with Crippen LogP contribution in [0, 0.1) is 0 Å². The zero-order chi connectivity index (χ0) is 15.4. The molecule has 0 saturated heterocycles. The van der Waals surface area contributed by atoms with Crippen molar-refractivity contribution in [2.45, 2.75) is 6.61 Å². The molecule has 7 heteroatoms. The number of hydrogen-bond donors (Lipinski definition) is 2. The van der Waals surface area contributed by atoms with Gasteiger partial charge >= 0.3 is 6.61 Å². The van der Waals surface area contributed by atoms with E-state index in [4.69, 9.17) is 17.3 Å². The van der Waals surface area contributed by atoms with Crippen molar-refractivity contribution in [1.82, 2.24) is 0 Å². The van der Waals surface area contributed by atoms with Crippen molar-refractivity contribution in [2.24, 2.45) is 0 Å². The van der Waals surface area contributed by atoms with E-state index in [2.05, 4.69) is 10.1 Å². The Bertz CT molecular complexity index is 665. The average molecular weight is 313 g/mol. The van der Waals surface area contributed by atoms with Gasteiger partial charge in [0.25, 0.3) is 5.91 Å². The van der Waals surface area contributed by atoms with Crippen LogP contribution in [0.1, 0.15) is 10.4 Å². The van der Waals surface area contributed by atoms with Crippen molar-refractivity contribution in [3.05, 3.63) is 53.1 Å². The Balaban J connectivity index is 2.18. The number of ether oxygens (including phenoxy) is 1. The van der Waals surface area contributed by atoms with Gasteiger partial charge in [-0.3, -0.25) is 4.79 Å². The second kappa shape index (κ2) is 6.41. The molecule has 0 atom stereocenters. The maximum absolute atomic E-state index is 12.1. The van der Waals surface area contributed by atoms with Crippen LogP contribution in [-0.4, -0.2) is 12.5 Å². The maximum atomic E-state index is 12.1. The van der Waals surface area contributed by atoms with Crippen molar-refractivity contribution in [3.63, 3.8) is 0 Å². The fourth-order valence-electron chi connectivity index (χ4n) is 1.64. The first-order chi connectivity index (χ1) is 9.95. The number of nitrogen functional groups attached to an aromatic ring is 1. The van der Waals surface area contributed by atoms with Gasteiger partial charge in [-0.05, 0) is 36.4 Å². The molecule has 0 radical (unpaired) electrons. The lowest BCUT2D eigenvalue weighted by Gasteiger charge is -2.10. The summed E-state index contributed by atoms with van der Waals surface area (Å²) in [6.07, 6.45) is 0. The standard InChI is InChI=1S/C14H11ClF2N2O2/c15-9-4-5-11(18)12(7-9)19-13(20)8-2-1-3-10(6-8)21-14(16)17/h1-7,14H,18H2,(H,19,20). The minimum Gasteiger partial charge on any atom is -0.435 e. The molecule has 2 rings (SSSR count). The third kappa shape index (κ3) is 4.06. The largest absolute Gasteiger partial charge is 0.435 e. The van der Waals surface area contributed by atoms with Crippen LogP contribution in [0.4, 0.5) is 20.2 Å². The highest BCUT2D eigenvalue weighted by Crippen LogP contribution is 2.24. The van der Waals surface area contributed by atoms with E-state index >= 15 is 0 Å². The highest BCUT2D eigenvalue weighted by Gasteiger charge is 2.11. The number of hydrogen-bond acceptors (Lipinski definition) is 3. The van der Waals surface area contributed by atoms with Gasteiger partial charge < -0.3 is 15.8 Å². The van der Waals surface area contributed by atoms with Crippen molar-refractivity contribution in [3.8, 4) is 5.75 Å². The van der Waals surface area contributed by atoms with Gasteiger partial charge in [-0.1, -0.05) is 17.7 Å². The number of anilines is 2. The number of benzene rings is 2. The van der Waals surface area contributed by atoms with Crippen LogP contribution in [0.5, 0.6) is 5.75 Å². The summed E-state index contributed by atoms with van der Waals surface area (Å²) in [4.78, 5) is 12.1. The first-order valence-corrected chi connectivity index (χ1v) is 6.25. The topological polar surface area (TPSA) is 64.3 Å². The number of amides is 1. The second-order valence-electron chi connectivity index (χ2n) is 4.09. The third-order valence-electron chi connectivity index (χ3n) is 2.58. The van der Waals surface area contributed by atoms with Crippen LogP contribution in [0.15, 0.2) is 42.5 Å². The van der Waals surface area contributed by atoms with Gasteiger partial charge in [-0.2, -0.15) is 8.78 Å². The molecule has 0 aromatic heterocycles. The van der Waals surface area contributed by atoms with Gasteiger partial charge in [0.05, 0.1) is 11.4 Å². The Morgan fingerprint density at radius 3 is 2.71 bits per heavy atom. The van der Waals surface area contributed by atoms with Gasteiger partial charge in [0.15, 0.2) is 0 Å². The summed E-state index contributed by atoms with van der Waals surface area (Å²) in [5, 5.41) is 2.97. The molecular formula is C14H11ClF2N2O2. The highest BCUT2D eigenvalue weighted by molar-refractivity contribution is 6.31. The lowest BCUT2D eigenvalue weighted by atomic mass is 10.2. The average Bonchev–Trinajstić information content (AvgIpc) is 2.42. The molecule has 0 bridgehead atoms. The van der Waals surface area contributed by atoms with Crippen LogP contribution in [-0.2, 0) is 0 Å². The number of carbonyl (C=O) groups is 1. The second-order valence-corrected chi connectivity index (χ2v) is 4.53. The van der Waals surface area contributed by atoms with Crippen LogP contribution in [0.2, 0.25) is 5.02 Å². The number of alkyl halides is 2. The monoisotopic (exact) mass is 312 g/mol. The van der Waals surface area contributed by atoms with Crippen LogP contribution < -0.4 is 15.8 Å². The predicted molar refractivity (Wildman–Crippen MR) is 76.9 cm³/mol. The van der Waals surface area contributed by atoms with E-state index in [1.54, 1.807) is 12.1 Å². The summed E-state index contributed by atoms with van der Waals surface area (Å²) in [5.41, 5.74) is 6.56. The normalized spacial score (nSPS) is 10.5.